The summed E-state index contributed by atoms with van der Waals surface area (Å²) in [6.07, 6.45) is 4.11. The second kappa shape index (κ2) is 7.44. The predicted octanol–water partition coefficient (Wildman–Crippen LogP) is 1.76. The summed E-state index contributed by atoms with van der Waals surface area (Å²) in [5.74, 6) is 0. The Kier molecular flexibility index (Phi) is 4.66. The SMILES string of the molecule is O[C@H]1[C@H](NCc2ccccn2)[C@H]2CO[C@H](O2)[C@@H]1n1cc(-c2ccccc2)cn1. The van der Waals surface area contributed by atoms with Crippen molar-refractivity contribution in [2.45, 2.75) is 37.1 Å². The maximum absolute atomic E-state index is 11.1. The van der Waals surface area contributed by atoms with Crippen LogP contribution in [0.3, 0.4) is 0 Å². The fourth-order valence-corrected chi connectivity index (χ4v) is 3.94. The van der Waals surface area contributed by atoms with Crippen molar-refractivity contribution in [2.75, 3.05) is 6.61 Å². The van der Waals surface area contributed by atoms with Crippen LogP contribution in [0.1, 0.15) is 11.7 Å². The number of nitrogens with zero attached hydrogens (tertiary/aromatic N) is 3. The number of ether oxygens (including phenoxy) is 2. The predicted molar refractivity (Wildman–Crippen MR) is 102 cm³/mol. The Hall–Kier alpha value is -2.58. The lowest BCUT2D eigenvalue weighted by Gasteiger charge is -2.38. The molecule has 7 nitrogen and oxygen atoms in total. The van der Waals surface area contributed by atoms with Crippen molar-refractivity contribution >= 4 is 0 Å². The van der Waals surface area contributed by atoms with Crippen LogP contribution in [-0.2, 0) is 16.0 Å². The Balaban J connectivity index is 1.37. The third-order valence-corrected chi connectivity index (χ3v) is 5.39. The summed E-state index contributed by atoms with van der Waals surface area (Å²) in [6.45, 7) is 0.999. The van der Waals surface area contributed by atoms with Crippen molar-refractivity contribution in [2.24, 2.45) is 0 Å². The quantitative estimate of drug-likeness (QED) is 0.704. The number of aliphatic hydroxyl groups is 1. The maximum Gasteiger partial charge on any atom is 0.183 e. The number of aromatic nitrogens is 3. The first-order chi connectivity index (χ1) is 13.8. The van der Waals surface area contributed by atoms with Crippen molar-refractivity contribution in [3.63, 3.8) is 0 Å². The summed E-state index contributed by atoms with van der Waals surface area (Å²) in [6, 6.07) is 15.1. The maximum atomic E-state index is 11.1. The number of hydrogen-bond donors (Lipinski definition) is 2. The van der Waals surface area contributed by atoms with Gasteiger partial charge in [0, 0.05) is 24.5 Å². The average molecular weight is 378 g/mol. The summed E-state index contributed by atoms with van der Waals surface area (Å²) in [5, 5.41) is 19.0. The van der Waals surface area contributed by atoms with Crippen LogP contribution in [0.25, 0.3) is 11.1 Å². The molecular weight excluding hydrogens is 356 g/mol. The van der Waals surface area contributed by atoms with Crippen LogP contribution in [0.15, 0.2) is 67.1 Å². The van der Waals surface area contributed by atoms with Crippen molar-refractivity contribution in [3.8, 4) is 11.1 Å². The number of benzene rings is 1. The van der Waals surface area contributed by atoms with E-state index in [1.807, 2.05) is 54.7 Å². The highest BCUT2D eigenvalue weighted by Crippen LogP contribution is 2.36. The Bertz CT molecular complexity index is 918. The van der Waals surface area contributed by atoms with E-state index in [0.717, 1.165) is 16.8 Å². The van der Waals surface area contributed by atoms with E-state index in [2.05, 4.69) is 15.4 Å². The van der Waals surface area contributed by atoms with Gasteiger partial charge in [0.05, 0.1) is 30.6 Å². The molecule has 5 rings (SSSR count). The van der Waals surface area contributed by atoms with E-state index >= 15 is 0 Å². The number of nitrogens with one attached hydrogen (secondary N) is 1. The van der Waals surface area contributed by atoms with Crippen LogP contribution < -0.4 is 5.32 Å². The second-order valence-electron chi connectivity index (χ2n) is 7.16. The van der Waals surface area contributed by atoms with Crippen LogP contribution >= 0.6 is 0 Å². The Morgan fingerprint density at radius 1 is 1.11 bits per heavy atom. The highest BCUT2D eigenvalue weighted by atomic mass is 16.7. The minimum atomic E-state index is -0.696. The third kappa shape index (κ3) is 3.22. The lowest BCUT2D eigenvalue weighted by molar-refractivity contribution is -0.168. The van der Waals surface area contributed by atoms with Gasteiger partial charge in [-0.3, -0.25) is 9.67 Å². The van der Waals surface area contributed by atoms with Gasteiger partial charge < -0.3 is 19.9 Å². The van der Waals surface area contributed by atoms with Crippen LogP contribution in [0, 0.1) is 0 Å². The molecular formula is C21H22N4O3. The zero-order valence-electron chi connectivity index (χ0n) is 15.3. The summed E-state index contributed by atoms with van der Waals surface area (Å²) < 4.78 is 13.6. The molecule has 28 heavy (non-hydrogen) atoms. The number of pyridine rings is 1. The highest BCUT2D eigenvalue weighted by Gasteiger charge is 2.51. The van der Waals surface area contributed by atoms with Crippen molar-refractivity contribution < 1.29 is 14.6 Å². The zero-order chi connectivity index (χ0) is 18.9. The molecule has 0 spiro atoms. The largest absolute Gasteiger partial charge is 0.389 e. The smallest absolute Gasteiger partial charge is 0.183 e. The molecule has 7 heteroatoms. The summed E-state index contributed by atoms with van der Waals surface area (Å²) in [7, 11) is 0. The molecule has 2 bridgehead atoms. The van der Waals surface area contributed by atoms with Gasteiger partial charge >= 0.3 is 0 Å². The normalized spacial score (nSPS) is 29.1. The standard InChI is InChI=1S/C21H22N4O3/c26-20-18(23-11-16-8-4-5-9-22-16)17-13-27-21(28-17)19(20)25-12-15(10-24-25)14-6-2-1-3-7-14/h1-10,12,17-21,23,26H,11,13H2/t17-,18-,19-,20+,21-/m1/s1. The van der Waals surface area contributed by atoms with Gasteiger partial charge in [-0.2, -0.15) is 5.10 Å². The fourth-order valence-electron chi connectivity index (χ4n) is 3.94. The summed E-state index contributed by atoms with van der Waals surface area (Å²) >= 11 is 0. The molecule has 2 aromatic heterocycles. The summed E-state index contributed by atoms with van der Waals surface area (Å²) in [4.78, 5) is 4.33. The first kappa shape index (κ1) is 17.5. The number of rotatable bonds is 5. The Morgan fingerprint density at radius 2 is 1.96 bits per heavy atom. The van der Waals surface area contributed by atoms with Gasteiger partial charge in [0.25, 0.3) is 0 Å². The fraction of sp³-hybridized carbons (Fsp3) is 0.333. The van der Waals surface area contributed by atoms with Crippen molar-refractivity contribution in [1.82, 2.24) is 20.1 Å². The molecule has 2 fully saturated rings. The lowest BCUT2D eigenvalue weighted by atomic mass is 9.96. The van der Waals surface area contributed by atoms with Crippen LogP contribution in [0.2, 0.25) is 0 Å². The summed E-state index contributed by atoms with van der Waals surface area (Å²) in [5.41, 5.74) is 2.98. The van der Waals surface area contributed by atoms with Gasteiger partial charge in [0.2, 0.25) is 0 Å². The number of fused-ring (bicyclic) bond motifs is 2. The van der Waals surface area contributed by atoms with Gasteiger partial charge in [0.15, 0.2) is 6.29 Å². The Labute approximate surface area is 162 Å². The molecule has 144 valence electrons. The molecule has 4 heterocycles. The second-order valence-corrected chi connectivity index (χ2v) is 7.16. The molecule has 0 unspecified atom stereocenters. The molecule has 2 N–H and O–H groups in total. The van der Waals surface area contributed by atoms with Gasteiger partial charge in [-0.15, -0.1) is 0 Å². The molecule has 1 aromatic carbocycles. The molecule has 3 aromatic rings. The monoisotopic (exact) mass is 378 g/mol. The molecule has 2 aliphatic rings. The number of hydrogen-bond acceptors (Lipinski definition) is 6. The Morgan fingerprint density at radius 3 is 2.79 bits per heavy atom. The van der Waals surface area contributed by atoms with Crippen molar-refractivity contribution in [1.29, 1.82) is 0 Å². The third-order valence-electron chi connectivity index (χ3n) is 5.39. The van der Waals surface area contributed by atoms with E-state index in [1.54, 1.807) is 17.1 Å². The van der Waals surface area contributed by atoms with Gasteiger partial charge in [-0.25, -0.2) is 0 Å². The van der Waals surface area contributed by atoms with Gasteiger partial charge in [0.1, 0.15) is 12.1 Å². The van der Waals surface area contributed by atoms with Gasteiger partial charge in [-0.05, 0) is 17.7 Å². The highest BCUT2D eigenvalue weighted by molar-refractivity contribution is 5.61. The first-order valence-corrected chi connectivity index (χ1v) is 9.47. The molecule has 0 aliphatic carbocycles. The van der Waals surface area contributed by atoms with Crippen LogP contribution in [0.5, 0.6) is 0 Å². The van der Waals surface area contributed by atoms with Gasteiger partial charge in [-0.1, -0.05) is 36.4 Å². The van der Waals surface area contributed by atoms with E-state index in [9.17, 15) is 5.11 Å². The molecule has 5 atom stereocenters. The molecule has 2 saturated heterocycles. The zero-order valence-corrected chi connectivity index (χ0v) is 15.3. The average Bonchev–Trinajstić information content (AvgIpc) is 3.39. The molecule has 0 saturated carbocycles. The molecule has 2 aliphatic heterocycles. The minimum absolute atomic E-state index is 0.191. The van der Waals surface area contributed by atoms with Crippen LogP contribution in [-0.4, -0.2) is 51.0 Å². The van der Waals surface area contributed by atoms with E-state index < -0.39 is 18.4 Å². The van der Waals surface area contributed by atoms with E-state index in [0.29, 0.717) is 13.2 Å². The van der Waals surface area contributed by atoms with Crippen molar-refractivity contribution in [3.05, 3.63) is 72.8 Å². The number of aliphatic hydroxyl groups excluding tert-OH is 1. The van der Waals surface area contributed by atoms with E-state index in [4.69, 9.17) is 9.47 Å². The first-order valence-electron chi connectivity index (χ1n) is 9.47. The lowest BCUT2D eigenvalue weighted by Crippen LogP contribution is -2.57. The topological polar surface area (TPSA) is 81.4 Å². The van der Waals surface area contributed by atoms with Crippen LogP contribution in [0.4, 0.5) is 0 Å². The van der Waals surface area contributed by atoms with E-state index in [-0.39, 0.29) is 12.1 Å². The molecule has 0 radical (unpaired) electrons. The molecule has 0 amide bonds. The van der Waals surface area contributed by atoms with E-state index in [1.165, 1.54) is 0 Å². The minimum Gasteiger partial charge on any atom is -0.389 e.